The Morgan fingerprint density at radius 1 is 1.64 bits per heavy atom. The lowest BCUT2D eigenvalue weighted by molar-refractivity contribution is 0.683. The summed E-state index contributed by atoms with van der Waals surface area (Å²) < 4.78 is 13.0. The summed E-state index contributed by atoms with van der Waals surface area (Å²) in [5, 5.41) is 0.579. The minimum absolute atomic E-state index is 0.577. The molecule has 2 aromatic rings. The Kier molecular flexibility index (Phi) is 2.80. The molecule has 0 aliphatic rings. The number of rotatable bonds is 2. The molecule has 0 amide bonds. The zero-order valence-corrected chi connectivity index (χ0v) is 9.75. The molecule has 3 nitrogen and oxygen atoms in total. The Bertz CT molecular complexity index is 497. The molecule has 0 fully saturated rings. The van der Waals surface area contributed by atoms with Crippen molar-refractivity contribution in [3.8, 4) is 0 Å². The van der Waals surface area contributed by atoms with Gasteiger partial charge in [-0.25, -0.2) is 9.97 Å². The second-order valence-corrected chi connectivity index (χ2v) is 5.97. The van der Waals surface area contributed by atoms with Gasteiger partial charge >= 0.3 is 0 Å². The first-order valence-corrected chi connectivity index (χ1v) is 6.52. The first-order chi connectivity index (χ1) is 6.70. The Balaban J connectivity index is 2.56. The predicted molar refractivity (Wildman–Crippen MR) is 59.4 cm³/mol. The van der Waals surface area contributed by atoms with Crippen LogP contribution in [-0.2, 0) is 10.8 Å². The lowest BCUT2D eigenvalue weighted by Crippen LogP contribution is -1.91. The van der Waals surface area contributed by atoms with Crippen molar-refractivity contribution in [2.75, 3.05) is 5.75 Å². The summed E-state index contributed by atoms with van der Waals surface area (Å²) in [4.78, 5) is 8.22. The second-order valence-electron chi connectivity index (χ2n) is 2.59. The van der Waals surface area contributed by atoms with E-state index in [4.69, 9.17) is 11.6 Å². The number of fused-ring (bicyclic) bond motifs is 1. The van der Waals surface area contributed by atoms with Crippen molar-refractivity contribution >= 4 is 44.1 Å². The van der Waals surface area contributed by atoms with E-state index in [9.17, 15) is 4.21 Å². The van der Waals surface area contributed by atoms with Gasteiger partial charge in [0, 0.05) is 11.9 Å². The maximum atomic E-state index is 11.5. The maximum Gasteiger partial charge on any atom is 0.183 e. The molecule has 0 N–H and O–H groups in total. The molecular weight excluding hydrogens is 240 g/mol. The average molecular weight is 247 g/mol. The highest BCUT2D eigenvalue weighted by molar-refractivity contribution is 7.87. The fraction of sp³-hybridized carbons (Fsp3) is 0.250. The molecule has 0 saturated heterocycles. The van der Waals surface area contributed by atoms with Gasteiger partial charge < -0.3 is 0 Å². The summed E-state index contributed by atoms with van der Waals surface area (Å²) in [5.74, 6) is 0.577. The van der Waals surface area contributed by atoms with Crippen LogP contribution in [0.25, 0.3) is 10.3 Å². The third kappa shape index (κ3) is 1.80. The lowest BCUT2D eigenvalue weighted by atomic mass is 10.5. The summed E-state index contributed by atoms with van der Waals surface area (Å²) in [6.45, 7) is 1.86. The molecule has 0 spiro atoms. The largest absolute Gasteiger partial charge is 0.252 e. The lowest BCUT2D eigenvalue weighted by Gasteiger charge is -1.87. The molecule has 1 atom stereocenters. The molecule has 0 aromatic carbocycles. The molecule has 2 heterocycles. The molecule has 0 unspecified atom stereocenters. The van der Waals surface area contributed by atoms with Gasteiger partial charge in [-0.3, -0.25) is 4.21 Å². The van der Waals surface area contributed by atoms with E-state index in [0.29, 0.717) is 20.8 Å². The average Bonchev–Trinajstić information content (AvgIpc) is 2.59. The quantitative estimate of drug-likeness (QED) is 0.818. The van der Waals surface area contributed by atoms with Crippen molar-refractivity contribution in [1.82, 2.24) is 9.97 Å². The molecule has 2 aromatic heterocycles. The fourth-order valence-electron chi connectivity index (χ4n) is 0.997. The summed E-state index contributed by atoms with van der Waals surface area (Å²) in [6, 6.07) is 1.79. The third-order valence-electron chi connectivity index (χ3n) is 1.65. The summed E-state index contributed by atoms with van der Waals surface area (Å²) >= 11 is 7.17. The van der Waals surface area contributed by atoms with Gasteiger partial charge in [-0.2, -0.15) is 0 Å². The normalized spacial score (nSPS) is 13.3. The van der Waals surface area contributed by atoms with Crippen LogP contribution in [0.1, 0.15) is 6.92 Å². The monoisotopic (exact) mass is 246 g/mol. The number of pyridine rings is 1. The van der Waals surface area contributed by atoms with E-state index in [1.807, 2.05) is 6.92 Å². The van der Waals surface area contributed by atoms with Crippen LogP contribution in [0, 0.1) is 0 Å². The van der Waals surface area contributed by atoms with Crippen molar-refractivity contribution in [1.29, 1.82) is 0 Å². The van der Waals surface area contributed by atoms with Crippen LogP contribution in [0.4, 0.5) is 0 Å². The molecule has 0 bridgehead atoms. The molecule has 74 valence electrons. The number of aromatic nitrogens is 2. The highest BCUT2D eigenvalue weighted by atomic mass is 35.5. The van der Waals surface area contributed by atoms with E-state index in [0.717, 1.165) is 4.70 Å². The molecule has 0 radical (unpaired) electrons. The van der Waals surface area contributed by atoms with Crippen molar-refractivity contribution in [2.24, 2.45) is 0 Å². The van der Waals surface area contributed by atoms with Gasteiger partial charge in [-0.05, 0) is 6.07 Å². The Hall–Kier alpha value is -0.520. The number of hydrogen-bond donors (Lipinski definition) is 0. The van der Waals surface area contributed by atoms with E-state index in [-0.39, 0.29) is 0 Å². The number of halogens is 1. The molecule has 0 saturated carbocycles. The SMILES string of the molecule is CC[S@](=O)c1nc2ncc(Cl)cc2s1. The Labute approximate surface area is 92.6 Å². The molecule has 0 aliphatic carbocycles. The summed E-state index contributed by atoms with van der Waals surface area (Å²) in [6.07, 6.45) is 1.54. The van der Waals surface area contributed by atoms with E-state index >= 15 is 0 Å². The van der Waals surface area contributed by atoms with Crippen LogP contribution in [-0.4, -0.2) is 19.9 Å². The Morgan fingerprint density at radius 3 is 3.14 bits per heavy atom. The molecule has 2 rings (SSSR count). The first-order valence-electron chi connectivity index (χ1n) is 4.01. The van der Waals surface area contributed by atoms with E-state index in [1.54, 1.807) is 12.3 Å². The van der Waals surface area contributed by atoms with Gasteiger partial charge in [0.2, 0.25) is 0 Å². The molecule has 6 heteroatoms. The van der Waals surface area contributed by atoms with Crippen LogP contribution in [0.3, 0.4) is 0 Å². The summed E-state index contributed by atoms with van der Waals surface area (Å²) in [5.41, 5.74) is 0.621. The van der Waals surface area contributed by atoms with Crippen LogP contribution >= 0.6 is 22.9 Å². The minimum Gasteiger partial charge on any atom is -0.252 e. The third-order valence-corrected chi connectivity index (χ3v) is 4.46. The van der Waals surface area contributed by atoms with E-state index in [2.05, 4.69) is 9.97 Å². The van der Waals surface area contributed by atoms with E-state index < -0.39 is 10.8 Å². The van der Waals surface area contributed by atoms with Crippen molar-refractivity contribution in [3.05, 3.63) is 17.3 Å². The van der Waals surface area contributed by atoms with Crippen molar-refractivity contribution in [3.63, 3.8) is 0 Å². The second kappa shape index (κ2) is 3.92. The molecule has 14 heavy (non-hydrogen) atoms. The zero-order valence-electron chi connectivity index (χ0n) is 7.36. The minimum atomic E-state index is -1.01. The van der Waals surface area contributed by atoms with Gasteiger partial charge in [0.1, 0.15) is 0 Å². The predicted octanol–water partition coefficient (Wildman–Crippen LogP) is 2.47. The van der Waals surface area contributed by atoms with Gasteiger partial charge in [-0.1, -0.05) is 18.5 Å². The summed E-state index contributed by atoms with van der Waals surface area (Å²) in [7, 11) is -1.01. The van der Waals surface area contributed by atoms with Crippen molar-refractivity contribution in [2.45, 2.75) is 11.3 Å². The number of hydrogen-bond acceptors (Lipinski definition) is 4. The Morgan fingerprint density at radius 2 is 2.43 bits per heavy atom. The van der Waals surface area contributed by atoms with Crippen LogP contribution in [0.15, 0.2) is 16.6 Å². The van der Waals surface area contributed by atoms with Crippen LogP contribution < -0.4 is 0 Å². The molecular formula is C8H7ClN2OS2. The van der Waals surface area contributed by atoms with Gasteiger partial charge in [-0.15, -0.1) is 11.3 Å². The standard InChI is InChI=1S/C8H7ClN2OS2/c1-2-14(12)8-11-7-6(13-8)3-5(9)4-10-7/h3-4H,2H2,1H3/t14-/m0/s1. The van der Waals surface area contributed by atoms with E-state index in [1.165, 1.54) is 11.3 Å². The van der Waals surface area contributed by atoms with Gasteiger partial charge in [0.15, 0.2) is 9.99 Å². The first kappa shape index (κ1) is 10.0. The highest BCUT2D eigenvalue weighted by Crippen LogP contribution is 2.25. The van der Waals surface area contributed by atoms with Crippen molar-refractivity contribution < 1.29 is 4.21 Å². The topological polar surface area (TPSA) is 42.9 Å². The smallest absolute Gasteiger partial charge is 0.183 e. The van der Waals surface area contributed by atoms with Gasteiger partial charge in [0.05, 0.1) is 20.5 Å². The molecule has 0 aliphatic heterocycles. The van der Waals surface area contributed by atoms with Gasteiger partial charge in [0.25, 0.3) is 0 Å². The van der Waals surface area contributed by atoms with Crippen LogP contribution in [0.2, 0.25) is 5.02 Å². The number of nitrogens with zero attached hydrogens (tertiary/aromatic N) is 2. The fourth-order valence-corrected chi connectivity index (χ4v) is 3.35. The van der Waals surface area contributed by atoms with Crippen LogP contribution in [0.5, 0.6) is 0 Å². The highest BCUT2D eigenvalue weighted by Gasteiger charge is 2.09. The zero-order chi connectivity index (χ0) is 10.1. The number of thiazole rings is 1. The maximum absolute atomic E-state index is 11.5.